The summed E-state index contributed by atoms with van der Waals surface area (Å²) in [5.74, 6) is 0.436. The molecule has 1 atom stereocenters. The molecule has 0 spiro atoms. The molecule has 1 N–H and O–H groups in total. The number of rotatable bonds is 4. The molecule has 1 saturated carbocycles. The largest absolute Gasteiger partial charge is 0.388 e. The average molecular weight is 335 g/mol. The highest BCUT2D eigenvalue weighted by Gasteiger charge is 2.23. The van der Waals surface area contributed by atoms with Crippen LogP contribution in [0, 0.1) is 5.82 Å². The molecule has 3 heteroatoms. The second-order valence-electron chi connectivity index (χ2n) is 5.40. The Kier molecular flexibility index (Phi) is 3.90. The Bertz CT molecular complexity index is 605. The third-order valence-electron chi connectivity index (χ3n) is 3.79. The molecule has 2 aromatic rings. The molecule has 0 saturated heterocycles. The highest BCUT2D eigenvalue weighted by molar-refractivity contribution is 9.10. The molecule has 1 aliphatic rings. The van der Waals surface area contributed by atoms with Crippen molar-refractivity contribution < 1.29 is 9.50 Å². The van der Waals surface area contributed by atoms with Crippen LogP contribution in [0.5, 0.6) is 0 Å². The first-order valence-corrected chi connectivity index (χ1v) is 7.64. The molecule has 1 fully saturated rings. The maximum Gasteiger partial charge on any atom is 0.126 e. The number of halogens is 2. The van der Waals surface area contributed by atoms with Crippen molar-refractivity contribution in [2.45, 2.75) is 31.3 Å². The Balaban J connectivity index is 1.74. The van der Waals surface area contributed by atoms with Gasteiger partial charge in [-0.05, 0) is 53.6 Å². The van der Waals surface area contributed by atoms with Crippen LogP contribution in [0.1, 0.15) is 41.6 Å². The van der Waals surface area contributed by atoms with E-state index in [2.05, 4.69) is 28.1 Å². The molecule has 1 unspecified atom stereocenters. The Morgan fingerprint density at radius 3 is 2.50 bits per heavy atom. The van der Waals surface area contributed by atoms with Gasteiger partial charge < -0.3 is 5.11 Å². The van der Waals surface area contributed by atoms with Crippen molar-refractivity contribution in [1.29, 1.82) is 0 Å². The summed E-state index contributed by atoms with van der Waals surface area (Å²) in [6.07, 6.45) is 2.15. The van der Waals surface area contributed by atoms with Crippen LogP contribution in [-0.2, 0) is 6.42 Å². The Morgan fingerprint density at radius 2 is 1.85 bits per heavy atom. The quantitative estimate of drug-likeness (QED) is 0.855. The lowest BCUT2D eigenvalue weighted by atomic mass is 9.99. The highest BCUT2D eigenvalue weighted by Crippen LogP contribution is 2.40. The molecule has 1 aliphatic carbocycles. The molecule has 104 valence electrons. The third kappa shape index (κ3) is 3.10. The fourth-order valence-electron chi connectivity index (χ4n) is 2.43. The van der Waals surface area contributed by atoms with Crippen LogP contribution in [0.15, 0.2) is 46.9 Å². The summed E-state index contributed by atoms with van der Waals surface area (Å²) in [6.45, 7) is 0. The molecule has 20 heavy (non-hydrogen) atoms. The zero-order valence-corrected chi connectivity index (χ0v) is 12.6. The van der Waals surface area contributed by atoms with Crippen LogP contribution in [0.3, 0.4) is 0 Å². The van der Waals surface area contributed by atoms with Crippen molar-refractivity contribution in [3.63, 3.8) is 0 Å². The molecule has 0 amide bonds. The van der Waals surface area contributed by atoms with Crippen LogP contribution in [0.4, 0.5) is 4.39 Å². The molecule has 1 nitrogen and oxygen atoms in total. The van der Waals surface area contributed by atoms with Crippen molar-refractivity contribution >= 4 is 15.9 Å². The predicted molar refractivity (Wildman–Crippen MR) is 81.2 cm³/mol. The van der Waals surface area contributed by atoms with Gasteiger partial charge in [-0.2, -0.15) is 0 Å². The Hall–Kier alpha value is -1.19. The van der Waals surface area contributed by atoms with Gasteiger partial charge >= 0.3 is 0 Å². The Morgan fingerprint density at radius 1 is 1.15 bits per heavy atom. The van der Waals surface area contributed by atoms with Crippen molar-refractivity contribution in [3.8, 4) is 0 Å². The van der Waals surface area contributed by atoms with E-state index in [4.69, 9.17) is 0 Å². The number of hydrogen-bond donors (Lipinski definition) is 1. The SMILES string of the molecule is OC(Cc1cc(Br)ccc1F)c1ccc(C2CC2)cc1. The zero-order chi connectivity index (χ0) is 14.1. The van der Waals surface area contributed by atoms with Gasteiger partial charge in [-0.3, -0.25) is 0 Å². The second-order valence-corrected chi connectivity index (χ2v) is 6.31. The first-order valence-electron chi connectivity index (χ1n) is 6.85. The van der Waals surface area contributed by atoms with E-state index in [9.17, 15) is 9.50 Å². The van der Waals surface area contributed by atoms with Crippen molar-refractivity contribution in [2.75, 3.05) is 0 Å². The standard InChI is InChI=1S/C17H16BrFO/c18-15-7-8-16(19)14(9-15)10-17(20)13-5-3-12(4-6-13)11-1-2-11/h3-9,11,17,20H,1-2,10H2. The topological polar surface area (TPSA) is 20.2 Å². The summed E-state index contributed by atoms with van der Waals surface area (Å²) < 4.78 is 14.5. The van der Waals surface area contributed by atoms with Gasteiger partial charge in [0.05, 0.1) is 6.10 Å². The predicted octanol–water partition coefficient (Wildman–Crippen LogP) is 4.74. The Labute approximate surface area is 126 Å². The molecule has 0 aliphatic heterocycles. The maximum absolute atomic E-state index is 13.7. The average Bonchev–Trinajstić information content (AvgIpc) is 3.27. The van der Waals surface area contributed by atoms with E-state index in [0.717, 1.165) is 10.0 Å². The molecular weight excluding hydrogens is 319 g/mol. The lowest BCUT2D eigenvalue weighted by molar-refractivity contribution is 0.177. The second kappa shape index (κ2) is 5.66. The summed E-state index contributed by atoms with van der Waals surface area (Å²) in [5.41, 5.74) is 2.71. The van der Waals surface area contributed by atoms with Crippen LogP contribution in [0.25, 0.3) is 0 Å². The van der Waals surface area contributed by atoms with E-state index in [-0.39, 0.29) is 12.2 Å². The van der Waals surface area contributed by atoms with E-state index in [0.29, 0.717) is 11.5 Å². The van der Waals surface area contributed by atoms with Gasteiger partial charge in [0.1, 0.15) is 5.82 Å². The molecule has 0 aromatic heterocycles. The fourth-order valence-corrected chi connectivity index (χ4v) is 2.84. The number of benzene rings is 2. The van der Waals surface area contributed by atoms with Crippen LogP contribution >= 0.6 is 15.9 Å². The monoisotopic (exact) mass is 334 g/mol. The van der Waals surface area contributed by atoms with E-state index in [1.165, 1.54) is 24.5 Å². The summed E-state index contributed by atoms with van der Waals surface area (Å²) in [4.78, 5) is 0. The zero-order valence-electron chi connectivity index (χ0n) is 11.0. The van der Waals surface area contributed by atoms with Gasteiger partial charge in [0, 0.05) is 10.9 Å². The van der Waals surface area contributed by atoms with Gasteiger partial charge in [-0.15, -0.1) is 0 Å². The molecular formula is C17H16BrFO. The number of aliphatic hydroxyl groups is 1. The number of hydrogen-bond acceptors (Lipinski definition) is 1. The van der Waals surface area contributed by atoms with Gasteiger partial charge in [-0.1, -0.05) is 40.2 Å². The summed E-state index contributed by atoms with van der Waals surface area (Å²) in [5, 5.41) is 10.3. The summed E-state index contributed by atoms with van der Waals surface area (Å²) in [7, 11) is 0. The molecule has 0 heterocycles. The van der Waals surface area contributed by atoms with E-state index < -0.39 is 6.10 Å². The first-order chi connectivity index (χ1) is 9.63. The van der Waals surface area contributed by atoms with Gasteiger partial charge in [0.25, 0.3) is 0 Å². The lowest BCUT2D eigenvalue weighted by Crippen LogP contribution is -2.03. The van der Waals surface area contributed by atoms with E-state index in [1.807, 2.05) is 12.1 Å². The van der Waals surface area contributed by atoms with Crippen molar-refractivity contribution in [1.82, 2.24) is 0 Å². The minimum atomic E-state index is -0.674. The fraction of sp³-hybridized carbons (Fsp3) is 0.294. The van der Waals surface area contributed by atoms with Gasteiger partial charge in [0.15, 0.2) is 0 Å². The van der Waals surface area contributed by atoms with E-state index >= 15 is 0 Å². The third-order valence-corrected chi connectivity index (χ3v) is 4.28. The first kappa shape index (κ1) is 13.8. The molecule has 3 rings (SSSR count). The molecule has 2 aromatic carbocycles. The van der Waals surface area contributed by atoms with E-state index in [1.54, 1.807) is 12.1 Å². The highest BCUT2D eigenvalue weighted by atomic mass is 79.9. The lowest BCUT2D eigenvalue weighted by Gasteiger charge is -2.12. The number of aliphatic hydroxyl groups excluding tert-OH is 1. The van der Waals surface area contributed by atoms with Crippen molar-refractivity contribution in [3.05, 3.63) is 69.4 Å². The van der Waals surface area contributed by atoms with Crippen molar-refractivity contribution in [2.24, 2.45) is 0 Å². The maximum atomic E-state index is 13.7. The normalized spacial score (nSPS) is 16.1. The van der Waals surface area contributed by atoms with Crippen LogP contribution in [0.2, 0.25) is 0 Å². The smallest absolute Gasteiger partial charge is 0.126 e. The molecule has 0 bridgehead atoms. The minimum Gasteiger partial charge on any atom is -0.388 e. The van der Waals surface area contributed by atoms with Gasteiger partial charge in [-0.25, -0.2) is 4.39 Å². The van der Waals surface area contributed by atoms with Gasteiger partial charge in [0.2, 0.25) is 0 Å². The van der Waals surface area contributed by atoms with Crippen LogP contribution in [-0.4, -0.2) is 5.11 Å². The molecule has 0 radical (unpaired) electrons. The summed E-state index contributed by atoms with van der Waals surface area (Å²) in [6, 6.07) is 12.9. The van der Waals surface area contributed by atoms with Crippen LogP contribution < -0.4 is 0 Å². The summed E-state index contributed by atoms with van der Waals surface area (Å²) >= 11 is 3.33. The minimum absolute atomic E-state index is 0.276.